The molecule has 0 radical (unpaired) electrons. The fourth-order valence-corrected chi connectivity index (χ4v) is 5.84. The number of hydrogen-bond donors (Lipinski definition) is 2. The predicted molar refractivity (Wildman–Crippen MR) is 149 cm³/mol. The van der Waals surface area contributed by atoms with Crippen molar-refractivity contribution >= 4 is 52.6 Å². The number of halogens is 4. The van der Waals surface area contributed by atoms with Crippen LogP contribution in [0.25, 0.3) is 0 Å². The Hall–Kier alpha value is -1.01. The number of allylic oxidation sites excluding steroid dienone is 3. The predicted octanol–water partition coefficient (Wildman–Crippen LogP) is 6.73. The van der Waals surface area contributed by atoms with Crippen LogP contribution in [-0.4, -0.2) is 55.4 Å². The van der Waals surface area contributed by atoms with Gasteiger partial charge in [0.2, 0.25) is 0 Å². The summed E-state index contributed by atoms with van der Waals surface area (Å²) < 4.78 is 0. The molecule has 4 nitrogen and oxygen atoms in total. The van der Waals surface area contributed by atoms with Gasteiger partial charge in [-0.05, 0) is 48.7 Å². The van der Waals surface area contributed by atoms with E-state index in [1.807, 2.05) is 37.3 Å². The Labute approximate surface area is 224 Å². The molecule has 4 unspecified atom stereocenters. The Morgan fingerprint density at radius 2 is 2.03 bits per heavy atom. The monoisotopic (exact) mass is 542 g/mol. The maximum Gasteiger partial charge on any atom is 0.0966 e. The number of likely N-dealkylation sites (N-methyl/N-ethyl adjacent to an activating group) is 2. The third-order valence-corrected chi connectivity index (χ3v) is 8.16. The molecule has 1 saturated heterocycles. The van der Waals surface area contributed by atoms with Crippen LogP contribution in [0.2, 0.25) is 10.0 Å². The minimum absolute atomic E-state index is 0.0524. The second-order valence-electron chi connectivity index (χ2n) is 8.99. The lowest BCUT2D eigenvalue weighted by Crippen LogP contribution is -2.51. The van der Waals surface area contributed by atoms with Crippen molar-refractivity contribution in [1.82, 2.24) is 15.6 Å². The summed E-state index contributed by atoms with van der Waals surface area (Å²) in [6, 6.07) is 7.14. The van der Waals surface area contributed by atoms with E-state index in [9.17, 15) is 0 Å². The largest absolute Gasteiger partial charge is 0.315 e. The molecule has 0 spiro atoms. The van der Waals surface area contributed by atoms with Crippen LogP contribution in [0.1, 0.15) is 44.1 Å². The van der Waals surface area contributed by atoms with E-state index in [1.165, 1.54) is 18.4 Å². The molecule has 2 aliphatic heterocycles. The average molecular weight is 544 g/mol. The zero-order valence-corrected chi connectivity index (χ0v) is 23.0. The van der Waals surface area contributed by atoms with Crippen LogP contribution in [0.15, 0.2) is 58.2 Å². The summed E-state index contributed by atoms with van der Waals surface area (Å²) in [5, 5.41) is 15.1. The fraction of sp³-hybridized carbons (Fsp3) is 0.500. The fourth-order valence-electron chi connectivity index (χ4n) is 4.86. The summed E-state index contributed by atoms with van der Waals surface area (Å²) in [7, 11) is 3.93. The van der Waals surface area contributed by atoms with Crippen molar-refractivity contribution in [2.24, 2.45) is 5.10 Å². The van der Waals surface area contributed by atoms with Crippen molar-refractivity contribution in [3.05, 3.63) is 68.7 Å². The zero-order chi connectivity index (χ0) is 24.8. The lowest BCUT2D eigenvalue weighted by atomic mass is 9.82. The first-order valence-corrected chi connectivity index (χ1v) is 13.3. The molecule has 4 rings (SSSR count). The first-order valence-electron chi connectivity index (χ1n) is 11.8. The molecule has 0 saturated carbocycles. The zero-order valence-electron chi connectivity index (χ0n) is 20.0. The molecule has 3 aliphatic rings. The molecule has 186 valence electrons. The quantitative estimate of drug-likeness (QED) is 0.391. The van der Waals surface area contributed by atoms with Crippen LogP contribution in [0, 0.1) is 0 Å². The highest BCUT2D eigenvalue weighted by Gasteiger charge is 2.33. The van der Waals surface area contributed by atoms with E-state index in [4.69, 9.17) is 46.4 Å². The van der Waals surface area contributed by atoms with Gasteiger partial charge >= 0.3 is 0 Å². The molecule has 5 atom stereocenters. The van der Waals surface area contributed by atoms with Gasteiger partial charge in [0.05, 0.1) is 21.5 Å². The van der Waals surface area contributed by atoms with Crippen molar-refractivity contribution < 1.29 is 0 Å². The van der Waals surface area contributed by atoms with Crippen LogP contribution in [-0.2, 0) is 0 Å². The highest BCUT2D eigenvalue weighted by molar-refractivity contribution is 6.42. The summed E-state index contributed by atoms with van der Waals surface area (Å²) in [4.78, 5) is 0. The minimum Gasteiger partial charge on any atom is -0.315 e. The van der Waals surface area contributed by atoms with Gasteiger partial charge in [0.15, 0.2) is 0 Å². The minimum atomic E-state index is -0.112. The van der Waals surface area contributed by atoms with E-state index in [0.29, 0.717) is 28.0 Å². The van der Waals surface area contributed by atoms with Crippen LogP contribution in [0.5, 0.6) is 0 Å². The van der Waals surface area contributed by atoms with Crippen molar-refractivity contribution in [3.8, 4) is 0 Å². The summed E-state index contributed by atoms with van der Waals surface area (Å²) >= 11 is 24.5. The molecule has 1 aromatic rings. The van der Waals surface area contributed by atoms with Gasteiger partial charge in [0.25, 0.3) is 0 Å². The molecule has 0 aromatic heterocycles. The van der Waals surface area contributed by atoms with E-state index in [1.54, 1.807) is 6.21 Å². The first kappa shape index (κ1) is 27.6. The lowest BCUT2D eigenvalue weighted by molar-refractivity contribution is 0.287. The number of nitrogens with zero attached hydrogens (tertiary/aromatic N) is 2. The first-order chi connectivity index (χ1) is 16.3. The van der Waals surface area contributed by atoms with Gasteiger partial charge in [0.1, 0.15) is 0 Å². The smallest absolute Gasteiger partial charge is 0.0966 e. The molecule has 1 aliphatic carbocycles. The summed E-state index contributed by atoms with van der Waals surface area (Å²) in [5.41, 5.74) is 3.49. The molecule has 34 heavy (non-hydrogen) atoms. The highest BCUT2D eigenvalue weighted by Crippen LogP contribution is 2.36. The van der Waals surface area contributed by atoms with Crippen LogP contribution in [0.4, 0.5) is 0 Å². The molecular weight excluding hydrogens is 510 g/mol. The Balaban J connectivity index is 0.000000196. The molecular formula is C26H34Cl4N4. The number of rotatable bonds is 6. The number of alkyl halides is 1. The Bertz CT molecular complexity index is 946. The standard InChI is InChI=1S/C15H22Cl2N2.C11H12Cl2N2/c1-3-4-11-8-12(15(18-2)9-19-11)10-5-6-13(16)14(17)7-10;1-3-7-4-8(9(12)5-7)11-10(13)6-14-15(11)2/h5-7,11-12,15,18-19H,3-4,8-9H2,1-2H3;3-4,6,10-11H,1,5H2,2H3/t11?,12-,15?;/m0./s1. The van der Waals surface area contributed by atoms with Crippen LogP contribution >= 0.6 is 46.4 Å². The Morgan fingerprint density at radius 3 is 2.59 bits per heavy atom. The molecule has 1 aromatic carbocycles. The van der Waals surface area contributed by atoms with E-state index >= 15 is 0 Å². The third kappa shape index (κ3) is 6.60. The number of nitrogens with one attached hydrogen (secondary N) is 2. The van der Waals surface area contributed by atoms with E-state index < -0.39 is 0 Å². The Morgan fingerprint density at radius 1 is 1.26 bits per heavy atom. The lowest BCUT2D eigenvalue weighted by Gasteiger charge is -2.37. The third-order valence-electron chi connectivity index (χ3n) is 6.72. The average Bonchev–Trinajstić information content (AvgIpc) is 3.36. The molecule has 0 bridgehead atoms. The summed E-state index contributed by atoms with van der Waals surface area (Å²) in [6.07, 6.45) is 9.98. The van der Waals surface area contributed by atoms with Gasteiger partial charge in [0, 0.05) is 49.3 Å². The van der Waals surface area contributed by atoms with E-state index in [-0.39, 0.29) is 11.4 Å². The summed E-state index contributed by atoms with van der Waals surface area (Å²) in [6.45, 7) is 6.99. The van der Waals surface area contributed by atoms with E-state index in [2.05, 4.69) is 41.4 Å². The number of piperidine rings is 1. The SMILES string of the molecule is C=CC1=CC(C2C(Cl)C=NN2C)=C(Cl)C1.CCCC1C[C@@H](c2ccc(Cl)c(Cl)c2)C(NC)CN1. The maximum absolute atomic E-state index is 6.20. The number of benzene rings is 1. The van der Waals surface area contributed by atoms with Crippen molar-refractivity contribution in [3.63, 3.8) is 0 Å². The van der Waals surface area contributed by atoms with Crippen molar-refractivity contribution in [2.45, 2.75) is 62.0 Å². The second kappa shape index (κ2) is 12.8. The van der Waals surface area contributed by atoms with Crippen LogP contribution < -0.4 is 10.6 Å². The van der Waals surface area contributed by atoms with E-state index in [0.717, 1.165) is 35.6 Å². The van der Waals surface area contributed by atoms with Crippen LogP contribution in [0.3, 0.4) is 0 Å². The molecule has 2 N–H and O–H groups in total. The maximum atomic E-state index is 6.20. The number of hydrogen-bond acceptors (Lipinski definition) is 4. The van der Waals surface area contributed by atoms with Gasteiger partial charge in [-0.2, -0.15) is 5.10 Å². The Kier molecular flexibility index (Phi) is 10.4. The van der Waals surface area contributed by atoms with Gasteiger partial charge in [-0.15, -0.1) is 11.6 Å². The van der Waals surface area contributed by atoms with Gasteiger partial charge in [-0.25, -0.2) is 0 Å². The second-order valence-corrected chi connectivity index (χ2v) is 10.8. The normalized spacial score (nSPS) is 28.6. The van der Waals surface area contributed by atoms with Gasteiger partial charge < -0.3 is 10.6 Å². The van der Waals surface area contributed by atoms with Gasteiger partial charge in [-0.1, -0.05) is 72.9 Å². The number of hydrazone groups is 1. The van der Waals surface area contributed by atoms with Crippen molar-refractivity contribution in [2.75, 3.05) is 20.6 Å². The molecule has 1 fully saturated rings. The molecule has 0 amide bonds. The highest BCUT2D eigenvalue weighted by atomic mass is 35.5. The summed E-state index contributed by atoms with van der Waals surface area (Å²) in [5.74, 6) is 0.498. The van der Waals surface area contributed by atoms with Gasteiger partial charge in [-0.3, -0.25) is 5.01 Å². The molecule has 8 heteroatoms. The molecule has 2 heterocycles. The topological polar surface area (TPSA) is 39.7 Å². The van der Waals surface area contributed by atoms with Crippen molar-refractivity contribution in [1.29, 1.82) is 0 Å².